The number of nitrogens with zero attached hydrogens (tertiary/aromatic N) is 1. The summed E-state index contributed by atoms with van der Waals surface area (Å²) in [6.07, 6.45) is 3.81. The van der Waals surface area contributed by atoms with Crippen molar-refractivity contribution in [3.63, 3.8) is 0 Å². The van der Waals surface area contributed by atoms with Crippen LogP contribution in [0.5, 0.6) is 5.75 Å². The summed E-state index contributed by atoms with van der Waals surface area (Å²) in [6.45, 7) is 6.90. The fourth-order valence-corrected chi connectivity index (χ4v) is 3.54. The van der Waals surface area contributed by atoms with Gasteiger partial charge in [-0.2, -0.15) is 5.10 Å². The molecule has 5 heteroatoms. The summed E-state index contributed by atoms with van der Waals surface area (Å²) in [7, 11) is 0. The Balaban J connectivity index is 1.71. The van der Waals surface area contributed by atoms with Gasteiger partial charge in [-0.3, -0.25) is 4.79 Å². The Bertz CT molecular complexity index is 839. The van der Waals surface area contributed by atoms with Gasteiger partial charge in [-0.25, -0.2) is 5.43 Å². The van der Waals surface area contributed by atoms with Crippen LogP contribution in [0.2, 0.25) is 0 Å². The average Bonchev–Trinajstić information content (AvgIpc) is 2.68. The number of amides is 1. The lowest BCUT2D eigenvalue weighted by Crippen LogP contribution is -3.11. The number of rotatable bonds is 5. The minimum atomic E-state index is -0.218. The van der Waals surface area contributed by atoms with Gasteiger partial charge in [0.15, 0.2) is 0 Å². The molecule has 0 atom stereocenters. The minimum Gasteiger partial charge on any atom is -0.507 e. The van der Waals surface area contributed by atoms with E-state index in [0.29, 0.717) is 17.0 Å². The van der Waals surface area contributed by atoms with Crippen molar-refractivity contribution in [2.75, 3.05) is 13.1 Å². The van der Waals surface area contributed by atoms with Crippen LogP contribution in [0.3, 0.4) is 0 Å². The van der Waals surface area contributed by atoms with E-state index >= 15 is 0 Å². The van der Waals surface area contributed by atoms with Gasteiger partial charge < -0.3 is 10.0 Å². The predicted molar refractivity (Wildman–Crippen MR) is 107 cm³/mol. The van der Waals surface area contributed by atoms with Crippen molar-refractivity contribution in [2.24, 2.45) is 5.10 Å². The third-order valence-corrected chi connectivity index (χ3v) is 5.21. The van der Waals surface area contributed by atoms with Gasteiger partial charge in [0.25, 0.3) is 5.91 Å². The molecular formula is C22H28N3O2+. The maximum atomic E-state index is 12.3. The second kappa shape index (κ2) is 8.82. The van der Waals surface area contributed by atoms with Gasteiger partial charge in [0.2, 0.25) is 0 Å². The zero-order valence-electron chi connectivity index (χ0n) is 16.1. The smallest absolute Gasteiger partial charge is 0.271 e. The molecule has 0 bridgehead atoms. The van der Waals surface area contributed by atoms with Crippen LogP contribution >= 0.6 is 0 Å². The zero-order valence-corrected chi connectivity index (χ0v) is 16.1. The molecule has 0 spiro atoms. The molecule has 0 radical (unpaired) electrons. The minimum absolute atomic E-state index is 0.218. The molecule has 2 aromatic rings. The molecule has 5 nitrogen and oxygen atoms in total. The lowest BCUT2D eigenvalue weighted by molar-refractivity contribution is -0.918. The quantitative estimate of drug-likeness (QED) is 0.562. The number of phenols is 1. The number of likely N-dealkylation sites (tertiary alicyclic amines) is 1. The van der Waals surface area contributed by atoms with Crippen molar-refractivity contribution >= 4 is 11.6 Å². The summed E-state index contributed by atoms with van der Waals surface area (Å²) in [5, 5.41) is 14.5. The molecule has 142 valence electrons. The number of hydrazone groups is 1. The highest BCUT2D eigenvalue weighted by molar-refractivity contribution is 6.01. The SMILES string of the molecule is C/C(=N\NC(=O)c1ccccc1C)c1ccc(O)c(C[NH+]2CCCCC2)c1. The van der Waals surface area contributed by atoms with Crippen LogP contribution in [-0.4, -0.2) is 29.8 Å². The largest absolute Gasteiger partial charge is 0.507 e. The van der Waals surface area contributed by atoms with Crippen LogP contribution in [-0.2, 0) is 6.54 Å². The van der Waals surface area contributed by atoms with E-state index in [1.165, 1.54) is 24.2 Å². The lowest BCUT2D eigenvalue weighted by Gasteiger charge is -2.24. The fraction of sp³-hybridized carbons (Fsp3) is 0.364. The third kappa shape index (κ3) is 4.95. The lowest BCUT2D eigenvalue weighted by atomic mass is 10.0. The van der Waals surface area contributed by atoms with Crippen LogP contribution in [0, 0.1) is 6.92 Å². The van der Waals surface area contributed by atoms with Crippen LogP contribution in [0.4, 0.5) is 0 Å². The molecule has 0 aromatic heterocycles. The van der Waals surface area contributed by atoms with E-state index in [-0.39, 0.29) is 5.91 Å². The summed E-state index contributed by atoms with van der Waals surface area (Å²) in [5.74, 6) is 0.109. The molecule has 1 heterocycles. The van der Waals surface area contributed by atoms with E-state index in [9.17, 15) is 9.90 Å². The summed E-state index contributed by atoms with van der Waals surface area (Å²) >= 11 is 0. The van der Waals surface area contributed by atoms with Gasteiger partial charge in [-0.15, -0.1) is 0 Å². The fourth-order valence-electron chi connectivity index (χ4n) is 3.54. The third-order valence-electron chi connectivity index (χ3n) is 5.21. The van der Waals surface area contributed by atoms with Crippen LogP contribution < -0.4 is 10.3 Å². The molecule has 1 aliphatic heterocycles. The second-order valence-corrected chi connectivity index (χ2v) is 7.28. The molecule has 2 aromatic carbocycles. The number of piperidine rings is 1. The van der Waals surface area contributed by atoms with E-state index in [2.05, 4.69) is 10.5 Å². The van der Waals surface area contributed by atoms with Gasteiger partial charge in [0.1, 0.15) is 12.3 Å². The Hall–Kier alpha value is -2.66. The van der Waals surface area contributed by atoms with Crippen molar-refractivity contribution in [3.8, 4) is 5.75 Å². The molecule has 27 heavy (non-hydrogen) atoms. The van der Waals surface area contributed by atoms with Gasteiger partial charge in [-0.1, -0.05) is 18.2 Å². The number of phenolic OH excluding ortho intramolecular Hbond substituents is 1. The Morgan fingerprint density at radius 2 is 1.89 bits per heavy atom. The van der Waals surface area contributed by atoms with Crippen LogP contribution in [0.25, 0.3) is 0 Å². The highest BCUT2D eigenvalue weighted by Gasteiger charge is 2.16. The van der Waals surface area contributed by atoms with Gasteiger partial charge >= 0.3 is 0 Å². The van der Waals surface area contributed by atoms with Gasteiger partial charge in [0.05, 0.1) is 18.8 Å². The highest BCUT2D eigenvalue weighted by Crippen LogP contribution is 2.18. The summed E-state index contributed by atoms with van der Waals surface area (Å²) in [4.78, 5) is 13.8. The average molecular weight is 366 g/mol. The number of benzene rings is 2. The number of carbonyl (C=O) groups is 1. The number of nitrogens with one attached hydrogen (secondary N) is 2. The molecule has 0 saturated carbocycles. The number of hydrogen-bond acceptors (Lipinski definition) is 3. The number of aryl methyl sites for hydroxylation is 1. The first-order chi connectivity index (χ1) is 13.0. The molecule has 0 aliphatic carbocycles. The first-order valence-electron chi connectivity index (χ1n) is 9.60. The van der Waals surface area contributed by atoms with Crippen molar-refractivity contribution in [3.05, 3.63) is 64.7 Å². The monoisotopic (exact) mass is 366 g/mol. The van der Waals surface area contributed by atoms with E-state index in [4.69, 9.17) is 0 Å². The summed E-state index contributed by atoms with van der Waals surface area (Å²) < 4.78 is 0. The van der Waals surface area contributed by atoms with Gasteiger partial charge in [-0.05, 0) is 68.5 Å². The maximum Gasteiger partial charge on any atom is 0.271 e. The molecule has 0 unspecified atom stereocenters. The van der Waals surface area contributed by atoms with Crippen molar-refractivity contribution in [1.29, 1.82) is 0 Å². The Kier molecular flexibility index (Phi) is 6.24. The first kappa shape index (κ1) is 19.1. The zero-order chi connectivity index (χ0) is 19.2. The number of quaternary nitrogens is 1. The van der Waals surface area contributed by atoms with E-state index < -0.39 is 0 Å². The number of aromatic hydroxyl groups is 1. The molecular weight excluding hydrogens is 338 g/mol. The maximum absolute atomic E-state index is 12.3. The molecule has 1 amide bonds. The van der Waals surface area contributed by atoms with Crippen LogP contribution in [0.1, 0.15) is 53.2 Å². The van der Waals surface area contributed by atoms with Crippen LogP contribution in [0.15, 0.2) is 47.6 Å². The molecule has 1 aliphatic rings. The van der Waals surface area contributed by atoms with Crippen molar-refractivity contribution in [1.82, 2.24) is 5.43 Å². The number of carbonyl (C=O) groups excluding carboxylic acids is 1. The first-order valence-corrected chi connectivity index (χ1v) is 9.60. The number of hydrogen-bond donors (Lipinski definition) is 3. The Labute approximate surface area is 160 Å². The van der Waals surface area contributed by atoms with Gasteiger partial charge in [0, 0.05) is 11.1 Å². The predicted octanol–water partition coefficient (Wildman–Crippen LogP) is 2.42. The molecule has 1 fully saturated rings. The van der Waals surface area contributed by atoms with E-state index in [1.54, 1.807) is 12.1 Å². The second-order valence-electron chi connectivity index (χ2n) is 7.28. The molecule has 3 rings (SSSR count). The Morgan fingerprint density at radius 3 is 2.63 bits per heavy atom. The summed E-state index contributed by atoms with van der Waals surface area (Å²) in [6, 6.07) is 13.0. The van der Waals surface area contributed by atoms with Crippen molar-refractivity contribution in [2.45, 2.75) is 39.7 Å². The highest BCUT2D eigenvalue weighted by atomic mass is 16.3. The summed E-state index contributed by atoms with van der Waals surface area (Å²) in [5.41, 5.74) is 6.73. The van der Waals surface area contributed by atoms with E-state index in [1.807, 2.05) is 44.2 Å². The molecule has 3 N–H and O–H groups in total. The normalized spacial score (nSPS) is 15.6. The Morgan fingerprint density at radius 1 is 1.15 bits per heavy atom. The standard InChI is InChI=1S/C22H27N3O2/c1-16-8-4-5-9-20(16)22(27)24-23-17(2)18-10-11-21(26)19(14-18)15-25-12-6-3-7-13-25/h4-5,8-11,14,26H,3,6-7,12-13,15H2,1-2H3,(H,24,27)/p+1/b23-17+. The van der Waals surface area contributed by atoms with Crippen molar-refractivity contribution < 1.29 is 14.8 Å². The van der Waals surface area contributed by atoms with E-state index in [0.717, 1.165) is 36.3 Å². The molecule has 1 saturated heterocycles. The topological polar surface area (TPSA) is 66.1 Å².